The number of H-pyrrole nitrogens is 1. The number of hydrogen-bond donors (Lipinski definition) is 2. The summed E-state index contributed by atoms with van der Waals surface area (Å²) in [6, 6.07) is 7.01. The average Bonchev–Trinajstić information content (AvgIpc) is 3.45. The van der Waals surface area contributed by atoms with Crippen molar-refractivity contribution in [1.29, 1.82) is 0 Å². The number of carbonyl (C=O) groups excluding carboxylic acids is 1. The molecule has 1 aliphatic heterocycles. The molecule has 4 rings (SSSR count). The van der Waals surface area contributed by atoms with Crippen LogP contribution in [-0.2, 0) is 11.0 Å². The number of pyridine rings is 1. The maximum Gasteiger partial charge on any atom is 0.416 e. The molecule has 0 saturated carbocycles. The third-order valence-corrected chi connectivity index (χ3v) is 5.64. The Morgan fingerprint density at radius 1 is 1.16 bits per heavy atom. The van der Waals surface area contributed by atoms with Gasteiger partial charge in [-0.3, -0.25) is 14.9 Å². The zero-order valence-electron chi connectivity index (χ0n) is 16.3. The van der Waals surface area contributed by atoms with Gasteiger partial charge in [0.25, 0.3) is 0 Å². The largest absolute Gasteiger partial charge is 0.416 e. The van der Waals surface area contributed by atoms with Gasteiger partial charge in [-0.2, -0.15) is 13.2 Å². The molecule has 0 spiro atoms. The molecule has 31 heavy (non-hydrogen) atoms. The van der Waals surface area contributed by atoms with E-state index >= 15 is 0 Å². The number of hydrogen-bond acceptors (Lipinski definition) is 6. The number of nitrogens with one attached hydrogen (secondary N) is 2. The Morgan fingerprint density at radius 3 is 2.61 bits per heavy atom. The van der Waals surface area contributed by atoms with Gasteiger partial charge in [0.1, 0.15) is 0 Å². The van der Waals surface area contributed by atoms with Gasteiger partial charge >= 0.3 is 6.18 Å². The minimum absolute atomic E-state index is 0.0384. The monoisotopic (exact) mass is 448 g/mol. The minimum atomic E-state index is -4.49. The fourth-order valence-electron chi connectivity index (χ4n) is 3.31. The molecule has 0 bridgehead atoms. The number of thioether (sulfide) groups is 1. The number of benzene rings is 1. The summed E-state index contributed by atoms with van der Waals surface area (Å²) in [5, 5.41) is 9.86. The van der Waals surface area contributed by atoms with Crippen molar-refractivity contribution in [3.63, 3.8) is 0 Å². The van der Waals surface area contributed by atoms with Crippen LogP contribution in [0.5, 0.6) is 0 Å². The highest BCUT2D eigenvalue weighted by atomic mass is 32.2. The van der Waals surface area contributed by atoms with Crippen LogP contribution in [0.3, 0.4) is 0 Å². The molecule has 3 heterocycles. The lowest BCUT2D eigenvalue weighted by atomic mass is 10.1. The number of halogens is 3. The Bertz CT molecular complexity index is 1050. The lowest BCUT2D eigenvalue weighted by Crippen LogP contribution is -2.22. The molecule has 0 unspecified atom stereocenters. The average molecular weight is 448 g/mol. The van der Waals surface area contributed by atoms with Gasteiger partial charge in [-0.1, -0.05) is 11.8 Å². The molecule has 1 saturated heterocycles. The lowest BCUT2D eigenvalue weighted by Gasteiger charge is -2.22. The predicted molar refractivity (Wildman–Crippen MR) is 112 cm³/mol. The summed E-state index contributed by atoms with van der Waals surface area (Å²) in [7, 11) is 0. The molecule has 11 heteroatoms. The summed E-state index contributed by atoms with van der Waals surface area (Å²) in [4.78, 5) is 22.7. The molecule has 0 atom stereocenters. The van der Waals surface area contributed by atoms with E-state index in [1.165, 1.54) is 6.07 Å². The molecule has 1 aromatic carbocycles. The normalized spacial score (nSPS) is 14.1. The number of aromatic amines is 1. The van der Waals surface area contributed by atoms with E-state index in [9.17, 15) is 18.0 Å². The van der Waals surface area contributed by atoms with E-state index in [2.05, 4.69) is 25.5 Å². The van der Waals surface area contributed by atoms with Gasteiger partial charge in [-0.25, -0.2) is 4.98 Å². The number of amides is 1. The summed E-state index contributed by atoms with van der Waals surface area (Å²) in [6.07, 6.45) is 0.708. The van der Waals surface area contributed by atoms with Gasteiger partial charge in [0.05, 0.1) is 22.7 Å². The zero-order chi connectivity index (χ0) is 21.8. The van der Waals surface area contributed by atoms with Crippen molar-refractivity contribution in [2.24, 2.45) is 0 Å². The number of aromatic nitrogens is 4. The van der Waals surface area contributed by atoms with Crippen molar-refractivity contribution in [3.8, 4) is 11.4 Å². The predicted octanol–water partition coefficient (Wildman–Crippen LogP) is 4.22. The van der Waals surface area contributed by atoms with Gasteiger partial charge in [-0.05, 0) is 43.2 Å². The van der Waals surface area contributed by atoms with Crippen molar-refractivity contribution in [1.82, 2.24) is 20.2 Å². The van der Waals surface area contributed by atoms with Gasteiger partial charge in [0.2, 0.25) is 11.1 Å². The van der Waals surface area contributed by atoms with Crippen LogP contribution < -0.4 is 10.2 Å². The Kier molecular flexibility index (Phi) is 6.12. The smallest absolute Gasteiger partial charge is 0.370 e. The second-order valence-electron chi connectivity index (χ2n) is 6.96. The van der Waals surface area contributed by atoms with Gasteiger partial charge < -0.3 is 10.2 Å². The molecule has 7 nitrogen and oxygen atoms in total. The molecular weight excluding hydrogens is 429 g/mol. The number of carbonyl (C=O) groups is 1. The number of rotatable bonds is 6. The number of anilines is 2. The maximum atomic E-state index is 13.2. The van der Waals surface area contributed by atoms with E-state index in [-0.39, 0.29) is 11.4 Å². The van der Waals surface area contributed by atoms with E-state index in [1.54, 1.807) is 24.5 Å². The first-order chi connectivity index (χ1) is 14.9. The summed E-state index contributed by atoms with van der Waals surface area (Å²) < 4.78 is 39.5. The van der Waals surface area contributed by atoms with Crippen molar-refractivity contribution in [2.45, 2.75) is 24.2 Å². The van der Waals surface area contributed by atoms with E-state index in [0.29, 0.717) is 16.7 Å². The highest BCUT2D eigenvalue weighted by Gasteiger charge is 2.32. The molecule has 2 N–H and O–H groups in total. The third-order valence-electron chi connectivity index (χ3n) is 4.80. The summed E-state index contributed by atoms with van der Waals surface area (Å²) in [5.41, 5.74) is 0.767. The molecular formula is C20H19F3N6OS. The Labute approximate surface area is 180 Å². The summed E-state index contributed by atoms with van der Waals surface area (Å²) >= 11 is 1.09. The van der Waals surface area contributed by atoms with Crippen LogP contribution in [0, 0.1) is 0 Å². The molecule has 1 fully saturated rings. The Morgan fingerprint density at radius 2 is 1.90 bits per heavy atom. The molecule has 162 valence electrons. The topological polar surface area (TPSA) is 86.8 Å². The zero-order valence-corrected chi connectivity index (χ0v) is 17.1. The van der Waals surface area contributed by atoms with Gasteiger partial charge in [0.15, 0.2) is 5.82 Å². The highest BCUT2D eigenvalue weighted by molar-refractivity contribution is 7.99. The summed E-state index contributed by atoms with van der Waals surface area (Å²) in [5.74, 6) is 0.0723. The van der Waals surface area contributed by atoms with E-state index < -0.39 is 17.6 Å². The molecule has 1 amide bonds. The van der Waals surface area contributed by atoms with Crippen LogP contribution in [0.25, 0.3) is 11.4 Å². The third kappa shape index (κ3) is 5.16. The fourth-order valence-corrected chi connectivity index (χ4v) is 3.91. The second-order valence-corrected chi connectivity index (χ2v) is 7.91. The van der Waals surface area contributed by atoms with E-state index in [0.717, 1.165) is 55.4 Å². The van der Waals surface area contributed by atoms with Crippen LogP contribution >= 0.6 is 11.8 Å². The highest BCUT2D eigenvalue weighted by Crippen LogP contribution is 2.36. The van der Waals surface area contributed by atoms with Crippen LogP contribution in [0.1, 0.15) is 18.4 Å². The van der Waals surface area contributed by atoms with Gasteiger partial charge in [-0.15, -0.1) is 5.10 Å². The number of nitrogens with zero attached hydrogens (tertiary/aromatic N) is 4. The van der Waals surface area contributed by atoms with Crippen molar-refractivity contribution >= 4 is 29.0 Å². The van der Waals surface area contributed by atoms with Crippen LogP contribution in [-0.4, -0.2) is 44.9 Å². The first-order valence-electron chi connectivity index (χ1n) is 9.62. The van der Waals surface area contributed by atoms with Crippen LogP contribution in [0.4, 0.5) is 24.5 Å². The lowest BCUT2D eigenvalue weighted by molar-refractivity contribution is -0.137. The quantitative estimate of drug-likeness (QED) is 0.549. The standard InChI is InChI=1S/C20H19F3N6OS/c21-20(22,23)14-3-4-16(29-9-1-2-10-29)15(11-14)25-17(30)12-31-19-26-18(27-28-19)13-5-7-24-8-6-13/h3-8,11H,1-2,9-10,12H2,(H,25,30)(H,26,27,28). The molecule has 1 aliphatic rings. The first kappa shape index (κ1) is 21.2. The maximum absolute atomic E-state index is 13.2. The molecule has 0 radical (unpaired) electrons. The molecule has 0 aliphatic carbocycles. The first-order valence-corrected chi connectivity index (χ1v) is 10.6. The Balaban J connectivity index is 1.44. The molecule has 3 aromatic rings. The van der Waals surface area contributed by atoms with Crippen LogP contribution in [0.2, 0.25) is 0 Å². The van der Waals surface area contributed by atoms with Crippen molar-refractivity contribution in [3.05, 3.63) is 48.3 Å². The summed E-state index contributed by atoms with van der Waals surface area (Å²) in [6.45, 7) is 1.50. The van der Waals surface area contributed by atoms with Crippen molar-refractivity contribution < 1.29 is 18.0 Å². The second kappa shape index (κ2) is 8.96. The van der Waals surface area contributed by atoms with E-state index in [1.807, 2.05) is 4.90 Å². The SMILES string of the molecule is O=C(CSc1n[nH]c(-c2ccncc2)n1)Nc1cc(C(F)(F)F)ccc1N1CCCC1. The molecule has 2 aromatic heterocycles. The minimum Gasteiger partial charge on any atom is -0.370 e. The van der Waals surface area contributed by atoms with Gasteiger partial charge in [0, 0.05) is 31.0 Å². The van der Waals surface area contributed by atoms with Crippen molar-refractivity contribution in [2.75, 3.05) is 29.1 Å². The van der Waals surface area contributed by atoms with Crippen LogP contribution in [0.15, 0.2) is 47.9 Å². The fraction of sp³-hybridized carbons (Fsp3) is 0.300. The number of alkyl halides is 3. The Hall–Kier alpha value is -3.08. The van der Waals surface area contributed by atoms with E-state index in [4.69, 9.17) is 0 Å².